The summed E-state index contributed by atoms with van der Waals surface area (Å²) in [6, 6.07) is 0. The minimum absolute atomic E-state index is 0.159. The lowest BCUT2D eigenvalue weighted by atomic mass is 10.1. The zero-order chi connectivity index (χ0) is 16.9. The van der Waals surface area contributed by atoms with Crippen LogP contribution < -0.4 is 5.32 Å². The van der Waals surface area contributed by atoms with Gasteiger partial charge in [-0.2, -0.15) is 18.3 Å². The normalized spacial score (nSPS) is 23.2. The number of hydrogen-bond donors (Lipinski definition) is 2. The second-order valence-corrected chi connectivity index (χ2v) is 6.01. The van der Waals surface area contributed by atoms with Crippen molar-refractivity contribution in [3.8, 4) is 0 Å². The van der Waals surface area contributed by atoms with Gasteiger partial charge in [-0.3, -0.25) is 14.3 Å². The summed E-state index contributed by atoms with van der Waals surface area (Å²) in [5.74, 6) is -3.20. The molecule has 1 heterocycles. The largest absolute Gasteiger partial charge is 0.481 e. The van der Waals surface area contributed by atoms with Crippen LogP contribution in [-0.4, -0.2) is 26.8 Å². The van der Waals surface area contributed by atoms with Gasteiger partial charge in [-0.1, -0.05) is 13.8 Å². The molecule has 2 atom stereocenters. The van der Waals surface area contributed by atoms with E-state index in [0.717, 1.165) is 4.68 Å². The zero-order valence-electron chi connectivity index (χ0n) is 12.2. The first kappa shape index (κ1) is 16.3. The number of nitrogens with zero attached hydrogens (tertiary/aromatic N) is 2. The highest BCUT2D eigenvalue weighted by Crippen LogP contribution is 2.58. The maximum Gasteiger partial charge on any atom is 0.435 e. The molecule has 0 radical (unpaired) electrons. The molecule has 0 spiro atoms. The number of aryl methyl sites for hydroxylation is 1. The van der Waals surface area contributed by atoms with Crippen LogP contribution in [0.25, 0.3) is 0 Å². The second kappa shape index (κ2) is 4.99. The number of amides is 1. The maximum atomic E-state index is 12.8. The lowest BCUT2D eigenvalue weighted by Gasteiger charge is -2.08. The molecule has 0 bridgehead atoms. The zero-order valence-corrected chi connectivity index (χ0v) is 12.2. The molecule has 2 rings (SSSR count). The van der Waals surface area contributed by atoms with Crippen molar-refractivity contribution in [1.82, 2.24) is 15.1 Å². The van der Waals surface area contributed by atoms with E-state index < -0.39 is 41.0 Å². The van der Waals surface area contributed by atoms with Gasteiger partial charge >= 0.3 is 12.1 Å². The highest BCUT2D eigenvalue weighted by Gasteiger charge is 2.65. The van der Waals surface area contributed by atoms with Gasteiger partial charge in [0.2, 0.25) is 5.91 Å². The molecule has 122 valence electrons. The van der Waals surface area contributed by atoms with Gasteiger partial charge in [-0.25, -0.2) is 0 Å². The van der Waals surface area contributed by atoms with Crippen LogP contribution in [0.2, 0.25) is 0 Å². The number of halogens is 3. The van der Waals surface area contributed by atoms with E-state index in [4.69, 9.17) is 5.11 Å². The van der Waals surface area contributed by atoms with Crippen LogP contribution in [-0.2, 0) is 29.4 Å². The third kappa shape index (κ3) is 2.79. The summed E-state index contributed by atoms with van der Waals surface area (Å²) in [7, 11) is 1.35. The molecule has 1 fully saturated rings. The SMILES string of the molecule is Cn1cc(CNC(=O)[C@@H]2[C@H](C(=O)O)C2(C)C)c(C(F)(F)F)n1. The smallest absolute Gasteiger partial charge is 0.435 e. The fourth-order valence-electron chi connectivity index (χ4n) is 2.79. The first-order chi connectivity index (χ1) is 9.96. The van der Waals surface area contributed by atoms with Crippen LogP contribution in [0.4, 0.5) is 13.2 Å². The standard InChI is InChI=1S/C13H16F3N3O3/c1-12(2)7(8(12)11(21)22)10(20)17-4-6-5-19(3)18-9(6)13(14,15)16/h5,7-8H,4H2,1-3H3,(H,17,20)(H,21,22)/t7-,8+/m0/s1. The van der Waals surface area contributed by atoms with Gasteiger partial charge in [-0.05, 0) is 5.41 Å². The number of carbonyl (C=O) groups is 2. The van der Waals surface area contributed by atoms with Gasteiger partial charge in [0.25, 0.3) is 0 Å². The molecular formula is C13H16F3N3O3. The van der Waals surface area contributed by atoms with Gasteiger partial charge in [0.1, 0.15) is 0 Å². The lowest BCUT2D eigenvalue weighted by Crippen LogP contribution is -2.27. The van der Waals surface area contributed by atoms with Crippen LogP contribution in [0.3, 0.4) is 0 Å². The van der Waals surface area contributed by atoms with Crippen molar-refractivity contribution in [2.75, 3.05) is 0 Å². The Morgan fingerprint density at radius 3 is 2.45 bits per heavy atom. The number of rotatable bonds is 4. The van der Waals surface area contributed by atoms with Crippen molar-refractivity contribution < 1.29 is 27.9 Å². The Bertz CT molecular complexity index is 622. The van der Waals surface area contributed by atoms with Gasteiger partial charge in [0, 0.05) is 25.4 Å². The Labute approximate surface area is 124 Å². The van der Waals surface area contributed by atoms with Crippen molar-refractivity contribution >= 4 is 11.9 Å². The number of carboxylic acid groups (broad SMARTS) is 1. The fourth-order valence-corrected chi connectivity index (χ4v) is 2.79. The Morgan fingerprint density at radius 1 is 1.41 bits per heavy atom. The van der Waals surface area contributed by atoms with Crippen LogP contribution in [0.5, 0.6) is 0 Å². The first-order valence-corrected chi connectivity index (χ1v) is 6.56. The van der Waals surface area contributed by atoms with E-state index in [1.54, 1.807) is 13.8 Å². The Kier molecular flexibility index (Phi) is 3.70. The summed E-state index contributed by atoms with van der Waals surface area (Å²) in [6.07, 6.45) is -3.43. The fraction of sp³-hybridized carbons (Fsp3) is 0.615. The van der Waals surface area contributed by atoms with Gasteiger partial charge < -0.3 is 10.4 Å². The molecule has 9 heteroatoms. The number of alkyl halides is 3. The second-order valence-electron chi connectivity index (χ2n) is 6.01. The number of hydrogen-bond acceptors (Lipinski definition) is 3. The Balaban J connectivity index is 2.06. The summed E-state index contributed by atoms with van der Waals surface area (Å²) >= 11 is 0. The minimum Gasteiger partial charge on any atom is -0.481 e. The molecular weight excluding hydrogens is 303 g/mol. The molecule has 2 N–H and O–H groups in total. The first-order valence-electron chi connectivity index (χ1n) is 6.56. The topological polar surface area (TPSA) is 84.2 Å². The molecule has 1 saturated carbocycles. The molecule has 1 aromatic heterocycles. The third-order valence-electron chi connectivity index (χ3n) is 4.00. The van der Waals surface area contributed by atoms with Crippen molar-refractivity contribution in [3.63, 3.8) is 0 Å². The Hall–Kier alpha value is -2.06. The van der Waals surface area contributed by atoms with E-state index in [-0.39, 0.29) is 12.1 Å². The quantitative estimate of drug-likeness (QED) is 0.879. The Morgan fingerprint density at radius 2 is 2.00 bits per heavy atom. The van der Waals surface area contributed by atoms with E-state index in [1.807, 2.05) is 0 Å². The molecule has 22 heavy (non-hydrogen) atoms. The third-order valence-corrected chi connectivity index (χ3v) is 4.00. The molecule has 1 amide bonds. The number of carbonyl (C=O) groups excluding carboxylic acids is 1. The van der Waals surface area contributed by atoms with Crippen molar-refractivity contribution in [2.24, 2.45) is 24.3 Å². The molecule has 0 aromatic carbocycles. The van der Waals surface area contributed by atoms with Gasteiger partial charge in [0.05, 0.1) is 11.8 Å². The highest BCUT2D eigenvalue weighted by molar-refractivity contribution is 5.91. The van der Waals surface area contributed by atoms with Crippen LogP contribution >= 0.6 is 0 Å². The summed E-state index contributed by atoms with van der Waals surface area (Å²) in [6.45, 7) is 2.93. The van der Waals surface area contributed by atoms with E-state index in [9.17, 15) is 22.8 Å². The summed E-state index contributed by atoms with van der Waals surface area (Å²) in [5.41, 5.74) is -1.91. The van der Waals surface area contributed by atoms with Gasteiger partial charge in [0.15, 0.2) is 5.69 Å². The number of aromatic nitrogens is 2. The van der Waals surface area contributed by atoms with Crippen LogP contribution in [0, 0.1) is 17.3 Å². The van der Waals surface area contributed by atoms with E-state index in [1.165, 1.54) is 13.2 Å². The lowest BCUT2D eigenvalue weighted by molar-refractivity contribution is -0.142. The van der Waals surface area contributed by atoms with E-state index in [0.29, 0.717) is 0 Å². The predicted molar refractivity (Wildman–Crippen MR) is 68.5 cm³/mol. The summed E-state index contributed by atoms with van der Waals surface area (Å²) in [4.78, 5) is 23.0. The number of nitrogens with one attached hydrogen (secondary N) is 1. The predicted octanol–water partition coefficient (Wildman–Crippen LogP) is 1.41. The minimum atomic E-state index is -4.61. The van der Waals surface area contributed by atoms with Crippen LogP contribution in [0.15, 0.2) is 6.20 Å². The molecule has 1 aliphatic rings. The van der Waals surface area contributed by atoms with Crippen LogP contribution in [0.1, 0.15) is 25.1 Å². The molecule has 0 aliphatic heterocycles. The molecule has 0 unspecified atom stereocenters. The van der Waals surface area contributed by atoms with E-state index in [2.05, 4.69) is 10.4 Å². The average molecular weight is 319 g/mol. The molecule has 1 aliphatic carbocycles. The van der Waals surface area contributed by atoms with E-state index >= 15 is 0 Å². The summed E-state index contributed by atoms with van der Waals surface area (Å²) < 4.78 is 39.4. The highest BCUT2D eigenvalue weighted by atomic mass is 19.4. The monoisotopic (exact) mass is 319 g/mol. The average Bonchev–Trinajstić information content (AvgIpc) is 2.73. The summed E-state index contributed by atoms with van der Waals surface area (Å²) in [5, 5.41) is 14.7. The number of carboxylic acids is 1. The molecule has 0 saturated heterocycles. The van der Waals surface area contributed by atoms with Crippen molar-refractivity contribution in [2.45, 2.75) is 26.6 Å². The van der Waals surface area contributed by atoms with Crippen molar-refractivity contribution in [3.05, 3.63) is 17.5 Å². The molecule has 6 nitrogen and oxygen atoms in total. The van der Waals surface area contributed by atoms with Crippen molar-refractivity contribution in [1.29, 1.82) is 0 Å². The molecule has 1 aromatic rings. The maximum absolute atomic E-state index is 12.8. The number of aliphatic carboxylic acids is 1. The van der Waals surface area contributed by atoms with Gasteiger partial charge in [-0.15, -0.1) is 0 Å².